The van der Waals surface area contributed by atoms with Crippen LogP contribution in [0.25, 0.3) is 10.9 Å². The number of aryl methyl sites for hydroxylation is 1. The summed E-state index contributed by atoms with van der Waals surface area (Å²) in [6, 6.07) is 6.97. The molecule has 1 aliphatic carbocycles. The van der Waals surface area contributed by atoms with Crippen molar-refractivity contribution in [1.29, 1.82) is 0 Å². The number of aromatic amines is 1. The van der Waals surface area contributed by atoms with Crippen molar-refractivity contribution in [3.63, 3.8) is 0 Å². The Hall–Kier alpha value is -4.04. The number of rotatable bonds is 12. The van der Waals surface area contributed by atoms with Crippen LogP contribution in [0.1, 0.15) is 75.4 Å². The van der Waals surface area contributed by atoms with Gasteiger partial charge in [0.1, 0.15) is 17.4 Å². The van der Waals surface area contributed by atoms with Crippen LogP contribution >= 0.6 is 12.2 Å². The molecule has 0 aliphatic heterocycles. The Bertz CT molecular complexity index is 1700. The number of alkyl halides is 3. The van der Waals surface area contributed by atoms with E-state index in [4.69, 9.17) is 18.0 Å². The standard InChI is InChI=1S/C34H41F4N5O4S/c1-5-17(3)25(29(39)48)42-32(47)33(15-14-24-21(16-33)19-11-9-12-22(27(19)40-24)34(36,37)38)43-30(45)26(18(4)6-2)41-31(46)28(44)20-10-7-8-13-23(20)35/h7-13,17-18,25-26,28,40,44H,5-6,14-16H2,1-4H3,(H2,39,48)(H,41,46)(H,42,47)(H,43,45)/t17?,18?,25-,26-,28?,33+/m0/s1. The van der Waals surface area contributed by atoms with E-state index in [0.29, 0.717) is 24.1 Å². The number of carbonyl (C=O) groups excluding carboxylic acids is 3. The number of amides is 3. The second-order valence-corrected chi connectivity index (χ2v) is 13.1. The highest BCUT2D eigenvalue weighted by Gasteiger charge is 2.47. The first kappa shape index (κ1) is 36.8. The van der Waals surface area contributed by atoms with Gasteiger partial charge in [-0.05, 0) is 42.4 Å². The van der Waals surface area contributed by atoms with E-state index in [0.717, 1.165) is 12.1 Å². The summed E-state index contributed by atoms with van der Waals surface area (Å²) in [5.41, 5.74) is 4.00. The summed E-state index contributed by atoms with van der Waals surface area (Å²) in [5, 5.41) is 19.2. The van der Waals surface area contributed by atoms with Crippen molar-refractivity contribution in [2.45, 2.75) is 89.7 Å². The molecule has 1 heterocycles. The molecule has 7 N–H and O–H groups in total. The maximum Gasteiger partial charge on any atom is 0.418 e. The minimum absolute atomic E-state index is 0.00463. The normalized spacial score (nSPS) is 19.4. The van der Waals surface area contributed by atoms with E-state index in [1.165, 1.54) is 30.3 Å². The number of aliphatic hydroxyl groups is 1. The highest BCUT2D eigenvalue weighted by Crippen LogP contribution is 2.40. The van der Waals surface area contributed by atoms with Gasteiger partial charge in [-0.2, -0.15) is 13.2 Å². The van der Waals surface area contributed by atoms with Gasteiger partial charge >= 0.3 is 6.18 Å². The average molecular weight is 692 g/mol. The Morgan fingerprint density at radius 1 is 1.00 bits per heavy atom. The molecule has 6 atom stereocenters. The van der Waals surface area contributed by atoms with Gasteiger partial charge in [-0.1, -0.05) is 83.1 Å². The number of halogens is 4. The summed E-state index contributed by atoms with van der Waals surface area (Å²) in [7, 11) is 0. The molecular formula is C34H41F4N5O4S. The Kier molecular flexibility index (Phi) is 11.2. The predicted molar refractivity (Wildman–Crippen MR) is 177 cm³/mol. The van der Waals surface area contributed by atoms with E-state index in [1.54, 1.807) is 13.8 Å². The van der Waals surface area contributed by atoms with Gasteiger partial charge in [0.15, 0.2) is 6.10 Å². The van der Waals surface area contributed by atoms with Gasteiger partial charge in [-0.15, -0.1) is 0 Å². The SMILES string of the molecule is CCC(C)[C@H](NC(=O)C(O)c1ccccc1F)C(=O)N[C@]1(C(=O)N[C@H](C(N)=S)C(C)CC)CCc2[nH]c3c(C(F)(F)F)cccc3c2C1. The summed E-state index contributed by atoms with van der Waals surface area (Å²) in [6.07, 6.45) is -5.61. The zero-order valence-corrected chi connectivity index (χ0v) is 27.9. The largest absolute Gasteiger partial charge is 0.418 e. The molecule has 0 spiro atoms. The summed E-state index contributed by atoms with van der Waals surface area (Å²) in [6.45, 7) is 7.21. The van der Waals surface area contributed by atoms with E-state index in [9.17, 15) is 37.1 Å². The average Bonchev–Trinajstić information content (AvgIpc) is 3.41. The van der Waals surface area contributed by atoms with Crippen LogP contribution < -0.4 is 21.7 Å². The lowest BCUT2D eigenvalue weighted by atomic mass is 9.78. The molecule has 3 amide bonds. The molecule has 2 aromatic carbocycles. The zero-order chi connectivity index (χ0) is 35.6. The van der Waals surface area contributed by atoms with Gasteiger partial charge in [-0.25, -0.2) is 4.39 Å². The Balaban J connectivity index is 1.74. The summed E-state index contributed by atoms with van der Waals surface area (Å²) in [4.78, 5) is 44.5. The molecule has 14 heteroatoms. The van der Waals surface area contributed by atoms with E-state index in [1.807, 2.05) is 13.8 Å². The maximum atomic E-state index is 14.4. The molecule has 0 radical (unpaired) electrons. The molecule has 9 nitrogen and oxygen atoms in total. The van der Waals surface area contributed by atoms with Crippen LogP contribution in [0.3, 0.4) is 0 Å². The predicted octanol–water partition coefficient (Wildman–Crippen LogP) is 4.75. The quantitative estimate of drug-likeness (QED) is 0.119. The molecule has 1 aliphatic rings. The summed E-state index contributed by atoms with van der Waals surface area (Å²) >= 11 is 5.24. The fourth-order valence-corrected chi connectivity index (χ4v) is 6.45. The second kappa shape index (κ2) is 14.6. The number of para-hydroxylation sites is 1. The van der Waals surface area contributed by atoms with Crippen LogP contribution in [0.5, 0.6) is 0 Å². The van der Waals surface area contributed by atoms with Crippen LogP contribution in [0.4, 0.5) is 17.6 Å². The van der Waals surface area contributed by atoms with Crippen molar-refractivity contribution in [3.05, 3.63) is 70.7 Å². The molecule has 4 rings (SSSR count). The lowest BCUT2D eigenvalue weighted by Gasteiger charge is -2.40. The van der Waals surface area contributed by atoms with Crippen LogP contribution in [-0.4, -0.2) is 50.4 Å². The van der Waals surface area contributed by atoms with Crippen molar-refractivity contribution >= 4 is 45.8 Å². The second-order valence-electron chi connectivity index (χ2n) is 12.6. The summed E-state index contributed by atoms with van der Waals surface area (Å²) < 4.78 is 56.1. The van der Waals surface area contributed by atoms with Gasteiger partial charge in [0.2, 0.25) is 11.8 Å². The molecule has 260 valence electrons. The van der Waals surface area contributed by atoms with E-state index >= 15 is 0 Å². The number of carbonyl (C=O) groups is 3. The maximum absolute atomic E-state index is 14.4. The fraction of sp³-hybridized carbons (Fsp3) is 0.471. The number of aromatic nitrogens is 1. The topological polar surface area (TPSA) is 149 Å². The number of thiocarbonyl (C=S) groups is 1. The first-order chi connectivity index (χ1) is 22.5. The number of nitrogens with one attached hydrogen (secondary N) is 4. The van der Waals surface area contributed by atoms with Gasteiger partial charge in [-0.3, -0.25) is 14.4 Å². The van der Waals surface area contributed by atoms with Crippen LogP contribution in [0.15, 0.2) is 42.5 Å². The minimum Gasteiger partial charge on any atom is -0.392 e. The third-order valence-corrected chi connectivity index (χ3v) is 9.71. The van der Waals surface area contributed by atoms with Gasteiger partial charge in [0.05, 0.1) is 22.1 Å². The van der Waals surface area contributed by atoms with Crippen molar-refractivity contribution in [2.24, 2.45) is 17.6 Å². The molecule has 1 aromatic heterocycles. The Morgan fingerprint density at radius 3 is 2.25 bits per heavy atom. The van der Waals surface area contributed by atoms with E-state index < -0.39 is 64.9 Å². The van der Waals surface area contributed by atoms with Crippen molar-refractivity contribution in [3.8, 4) is 0 Å². The van der Waals surface area contributed by atoms with Gasteiger partial charge in [0.25, 0.3) is 5.91 Å². The first-order valence-electron chi connectivity index (χ1n) is 15.9. The molecule has 48 heavy (non-hydrogen) atoms. The van der Waals surface area contributed by atoms with Crippen LogP contribution in [0.2, 0.25) is 0 Å². The highest BCUT2D eigenvalue weighted by atomic mass is 32.1. The van der Waals surface area contributed by atoms with Crippen LogP contribution in [-0.2, 0) is 33.4 Å². The van der Waals surface area contributed by atoms with E-state index in [2.05, 4.69) is 20.9 Å². The molecule has 0 saturated heterocycles. The molecule has 0 bridgehead atoms. The monoisotopic (exact) mass is 691 g/mol. The van der Waals surface area contributed by atoms with Crippen molar-refractivity contribution in [2.75, 3.05) is 0 Å². The molecule has 0 fully saturated rings. The zero-order valence-electron chi connectivity index (χ0n) is 27.1. The number of H-pyrrole nitrogens is 1. The Morgan fingerprint density at radius 2 is 1.65 bits per heavy atom. The minimum atomic E-state index is -4.63. The molecule has 3 unspecified atom stereocenters. The lowest BCUT2D eigenvalue weighted by molar-refractivity contribution is -0.139. The number of aliphatic hydroxyl groups excluding tert-OH is 1. The lowest BCUT2D eigenvalue weighted by Crippen LogP contribution is -2.67. The number of benzene rings is 2. The smallest absolute Gasteiger partial charge is 0.392 e. The number of nitrogens with two attached hydrogens (primary N) is 1. The third kappa shape index (κ3) is 7.49. The third-order valence-electron chi connectivity index (χ3n) is 9.46. The van der Waals surface area contributed by atoms with E-state index in [-0.39, 0.29) is 46.6 Å². The van der Waals surface area contributed by atoms with Crippen molar-refractivity contribution in [1.82, 2.24) is 20.9 Å². The fourth-order valence-electron chi connectivity index (χ4n) is 6.16. The van der Waals surface area contributed by atoms with Gasteiger partial charge in [0, 0.05) is 23.1 Å². The number of fused-ring (bicyclic) bond motifs is 3. The molecule has 3 aromatic rings. The van der Waals surface area contributed by atoms with Crippen LogP contribution in [0, 0.1) is 17.7 Å². The first-order valence-corrected chi connectivity index (χ1v) is 16.3. The highest BCUT2D eigenvalue weighted by molar-refractivity contribution is 7.80. The molecule has 0 saturated carbocycles. The van der Waals surface area contributed by atoms with Gasteiger partial charge < -0.3 is 31.8 Å². The Labute approximate surface area is 281 Å². The molecular weight excluding hydrogens is 650 g/mol. The number of hydrogen-bond acceptors (Lipinski definition) is 5. The van der Waals surface area contributed by atoms with Crippen molar-refractivity contribution < 1.29 is 37.1 Å². The summed E-state index contributed by atoms with van der Waals surface area (Å²) in [5.74, 6) is -3.91. The number of hydrogen-bond donors (Lipinski definition) is 6.